The molecule has 2 aromatic rings. The fraction of sp³-hybridized carbons (Fsp3) is 0.471. The topological polar surface area (TPSA) is 67.4 Å². The van der Waals surface area contributed by atoms with E-state index in [-0.39, 0.29) is 5.91 Å². The second-order valence-electron chi connectivity index (χ2n) is 5.86. The summed E-state index contributed by atoms with van der Waals surface area (Å²) < 4.78 is 5.36. The van der Waals surface area contributed by atoms with Crippen LogP contribution in [0.4, 0.5) is 0 Å². The van der Waals surface area contributed by atoms with Crippen molar-refractivity contribution in [3.05, 3.63) is 35.0 Å². The number of pyridine rings is 1. The molecule has 1 fully saturated rings. The number of rotatable bonds is 5. The molecule has 1 saturated heterocycles. The van der Waals surface area contributed by atoms with E-state index in [1.807, 2.05) is 25.1 Å². The van der Waals surface area contributed by atoms with Crippen LogP contribution in [-0.4, -0.2) is 59.7 Å². The normalized spacial score (nSPS) is 16.8. The Morgan fingerprint density at radius 3 is 2.92 bits per heavy atom. The van der Waals surface area contributed by atoms with E-state index in [2.05, 4.69) is 27.1 Å². The monoisotopic (exact) mass is 346 g/mol. The number of ether oxygens (including phenoxy) is 1. The maximum absolute atomic E-state index is 12.5. The van der Waals surface area contributed by atoms with Gasteiger partial charge in [-0.1, -0.05) is 6.07 Å². The molecule has 1 unspecified atom stereocenters. The van der Waals surface area contributed by atoms with E-state index in [9.17, 15) is 4.79 Å². The standard InChI is InChI=1S/C17H22N4O2S/c1-12(21-7-9-23-10-8-21)11-19-16(22)15-13(2)20-17(24-15)14-5-3-4-6-18-14/h3-6,12H,7-11H2,1-2H3,(H,19,22). The first-order valence-corrected chi connectivity index (χ1v) is 8.95. The first kappa shape index (κ1) is 17.0. The quantitative estimate of drug-likeness (QED) is 0.896. The molecule has 128 valence electrons. The highest BCUT2D eigenvalue weighted by Gasteiger charge is 2.20. The number of hydrogen-bond donors (Lipinski definition) is 1. The van der Waals surface area contributed by atoms with Crippen LogP contribution in [0.25, 0.3) is 10.7 Å². The van der Waals surface area contributed by atoms with Gasteiger partial charge < -0.3 is 10.1 Å². The van der Waals surface area contributed by atoms with Crippen molar-refractivity contribution in [1.82, 2.24) is 20.2 Å². The summed E-state index contributed by atoms with van der Waals surface area (Å²) in [5.41, 5.74) is 1.54. The molecule has 3 heterocycles. The minimum atomic E-state index is -0.0627. The van der Waals surface area contributed by atoms with Crippen molar-refractivity contribution in [2.24, 2.45) is 0 Å². The smallest absolute Gasteiger partial charge is 0.263 e. The molecule has 0 saturated carbocycles. The second kappa shape index (κ2) is 7.83. The summed E-state index contributed by atoms with van der Waals surface area (Å²) in [7, 11) is 0. The predicted molar refractivity (Wildman–Crippen MR) is 94.3 cm³/mol. The van der Waals surface area contributed by atoms with Gasteiger partial charge in [-0.2, -0.15) is 0 Å². The Hall–Kier alpha value is -1.83. The Balaban J connectivity index is 1.62. The highest BCUT2D eigenvalue weighted by molar-refractivity contribution is 7.17. The third kappa shape index (κ3) is 3.98. The zero-order chi connectivity index (χ0) is 16.9. The number of aromatic nitrogens is 2. The minimum absolute atomic E-state index is 0.0627. The summed E-state index contributed by atoms with van der Waals surface area (Å²) in [6.45, 7) is 7.98. The fourth-order valence-corrected chi connectivity index (χ4v) is 3.63. The molecule has 1 atom stereocenters. The highest BCUT2D eigenvalue weighted by atomic mass is 32.1. The Bertz CT molecular complexity index is 683. The summed E-state index contributed by atoms with van der Waals surface area (Å²) in [5, 5.41) is 3.81. The van der Waals surface area contributed by atoms with Gasteiger partial charge in [-0.3, -0.25) is 14.7 Å². The summed E-state index contributed by atoms with van der Waals surface area (Å²) in [5.74, 6) is -0.0627. The molecule has 1 amide bonds. The molecule has 6 nitrogen and oxygen atoms in total. The zero-order valence-corrected chi connectivity index (χ0v) is 14.8. The number of nitrogens with one attached hydrogen (secondary N) is 1. The van der Waals surface area contributed by atoms with Crippen LogP contribution in [0, 0.1) is 6.92 Å². The molecule has 3 rings (SSSR count). The van der Waals surface area contributed by atoms with Gasteiger partial charge in [-0.15, -0.1) is 11.3 Å². The van der Waals surface area contributed by atoms with Gasteiger partial charge in [0.25, 0.3) is 5.91 Å². The lowest BCUT2D eigenvalue weighted by Crippen LogP contribution is -2.47. The van der Waals surface area contributed by atoms with Crippen LogP contribution < -0.4 is 5.32 Å². The molecule has 1 aliphatic rings. The van der Waals surface area contributed by atoms with Crippen molar-refractivity contribution in [2.45, 2.75) is 19.9 Å². The summed E-state index contributed by atoms with van der Waals surface area (Å²) in [6.07, 6.45) is 1.73. The van der Waals surface area contributed by atoms with E-state index in [1.54, 1.807) is 6.20 Å². The Morgan fingerprint density at radius 1 is 1.42 bits per heavy atom. The van der Waals surface area contributed by atoms with Gasteiger partial charge in [0, 0.05) is 31.9 Å². The van der Waals surface area contributed by atoms with Gasteiger partial charge >= 0.3 is 0 Å². The van der Waals surface area contributed by atoms with Gasteiger partial charge in [0.05, 0.1) is 24.6 Å². The molecule has 7 heteroatoms. The van der Waals surface area contributed by atoms with Gasteiger partial charge in [-0.25, -0.2) is 4.98 Å². The number of amides is 1. The number of thiazole rings is 1. The van der Waals surface area contributed by atoms with Crippen molar-refractivity contribution < 1.29 is 9.53 Å². The Morgan fingerprint density at radius 2 is 2.21 bits per heavy atom. The molecule has 1 aliphatic heterocycles. The average Bonchev–Trinajstić information content (AvgIpc) is 3.03. The molecule has 0 radical (unpaired) electrons. The SMILES string of the molecule is Cc1nc(-c2ccccn2)sc1C(=O)NCC(C)N1CCOCC1. The first-order valence-electron chi connectivity index (χ1n) is 8.14. The summed E-state index contributed by atoms with van der Waals surface area (Å²) >= 11 is 1.39. The molecule has 0 spiro atoms. The Kier molecular flexibility index (Phi) is 5.55. The maximum atomic E-state index is 12.5. The fourth-order valence-electron chi connectivity index (χ4n) is 2.67. The van der Waals surface area contributed by atoms with Gasteiger partial charge in [-0.05, 0) is 26.0 Å². The maximum Gasteiger partial charge on any atom is 0.263 e. The number of carbonyl (C=O) groups is 1. The highest BCUT2D eigenvalue weighted by Crippen LogP contribution is 2.26. The van der Waals surface area contributed by atoms with Gasteiger partial charge in [0.1, 0.15) is 9.88 Å². The van der Waals surface area contributed by atoms with E-state index < -0.39 is 0 Å². The third-order valence-corrected chi connectivity index (χ3v) is 5.29. The van der Waals surface area contributed by atoms with E-state index in [0.29, 0.717) is 17.5 Å². The van der Waals surface area contributed by atoms with Crippen LogP contribution in [0.3, 0.4) is 0 Å². The minimum Gasteiger partial charge on any atom is -0.379 e. The second-order valence-corrected chi connectivity index (χ2v) is 6.85. The van der Waals surface area contributed by atoms with Crippen molar-refractivity contribution >= 4 is 17.2 Å². The van der Waals surface area contributed by atoms with E-state index in [4.69, 9.17) is 4.74 Å². The summed E-state index contributed by atoms with van der Waals surface area (Å²) in [6, 6.07) is 5.98. The molecular weight excluding hydrogens is 324 g/mol. The third-order valence-electron chi connectivity index (χ3n) is 4.11. The first-order chi connectivity index (χ1) is 11.6. The van der Waals surface area contributed by atoms with Crippen molar-refractivity contribution in [3.63, 3.8) is 0 Å². The molecule has 1 N–H and O–H groups in total. The number of nitrogens with zero attached hydrogens (tertiary/aromatic N) is 3. The van der Waals surface area contributed by atoms with Gasteiger partial charge in [0.15, 0.2) is 0 Å². The number of hydrogen-bond acceptors (Lipinski definition) is 6. The van der Waals surface area contributed by atoms with Crippen molar-refractivity contribution in [3.8, 4) is 10.7 Å². The van der Waals surface area contributed by atoms with Crippen LogP contribution in [0.1, 0.15) is 22.3 Å². The van der Waals surface area contributed by atoms with Crippen LogP contribution >= 0.6 is 11.3 Å². The van der Waals surface area contributed by atoms with E-state index in [0.717, 1.165) is 42.7 Å². The molecule has 2 aromatic heterocycles. The number of aryl methyl sites for hydroxylation is 1. The van der Waals surface area contributed by atoms with E-state index in [1.165, 1.54) is 11.3 Å². The molecule has 0 aliphatic carbocycles. The summed E-state index contributed by atoms with van der Waals surface area (Å²) in [4.78, 5) is 24.3. The van der Waals surface area contributed by atoms with Gasteiger partial charge in [0.2, 0.25) is 0 Å². The number of carbonyl (C=O) groups excluding carboxylic acids is 1. The van der Waals surface area contributed by atoms with Crippen LogP contribution in [0.5, 0.6) is 0 Å². The van der Waals surface area contributed by atoms with Crippen LogP contribution in [0.15, 0.2) is 24.4 Å². The van der Waals surface area contributed by atoms with Crippen molar-refractivity contribution in [2.75, 3.05) is 32.8 Å². The zero-order valence-electron chi connectivity index (χ0n) is 14.0. The van der Waals surface area contributed by atoms with Crippen LogP contribution in [0.2, 0.25) is 0 Å². The largest absolute Gasteiger partial charge is 0.379 e. The lowest BCUT2D eigenvalue weighted by molar-refractivity contribution is 0.0204. The number of morpholine rings is 1. The van der Waals surface area contributed by atoms with Crippen molar-refractivity contribution in [1.29, 1.82) is 0 Å². The molecule has 0 aromatic carbocycles. The average molecular weight is 346 g/mol. The van der Waals surface area contributed by atoms with E-state index >= 15 is 0 Å². The lowest BCUT2D eigenvalue weighted by Gasteiger charge is -2.32. The molecule has 0 bridgehead atoms. The predicted octanol–water partition coefficient (Wildman–Crippen LogP) is 1.96. The lowest BCUT2D eigenvalue weighted by atomic mass is 10.2. The Labute approximate surface area is 145 Å². The van der Waals surface area contributed by atoms with Crippen LogP contribution in [-0.2, 0) is 4.74 Å². The molecule has 24 heavy (non-hydrogen) atoms. The molecular formula is C17H22N4O2S.